The van der Waals surface area contributed by atoms with Crippen LogP contribution in [0.2, 0.25) is 0 Å². The van der Waals surface area contributed by atoms with Crippen LogP contribution < -0.4 is 5.32 Å². The van der Waals surface area contributed by atoms with E-state index in [1.807, 2.05) is 35.2 Å². The van der Waals surface area contributed by atoms with Crippen LogP contribution in [0, 0.1) is 5.92 Å². The van der Waals surface area contributed by atoms with Gasteiger partial charge in [-0.15, -0.1) is 0 Å². The Hall–Kier alpha value is -3.48. The van der Waals surface area contributed by atoms with Gasteiger partial charge in [0.2, 0.25) is 11.8 Å². The summed E-state index contributed by atoms with van der Waals surface area (Å²) in [5.41, 5.74) is 1.84. The van der Waals surface area contributed by atoms with Crippen molar-refractivity contribution in [2.75, 3.05) is 19.6 Å². The van der Waals surface area contributed by atoms with Gasteiger partial charge in [0.25, 0.3) is 11.8 Å². The number of fused-ring (bicyclic) bond motifs is 1. The number of amides is 4. The van der Waals surface area contributed by atoms with Gasteiger partial charge in [0.15, 0.2) is 0 Å². The molecule has 7 heteroatoms. The van der Waals surface area contributed by atoms with E-state index in [4.69, 9.17) is 0 Å². The minimum Gasteiger partial charge on any atom is -0.356 e. The van der Waals surface area contributed by atoms with E-state index in [1.54, 1.807) is 24.3 Å². The second-order valence-corrected chi connectivity index (χ2v) is 7.69. The fourth-order valence-electron chi connectivity index (χ4n) is 3.95. The van der Waals surface area contributed by atoms with Gasteiger partial charge in [-0.3, -0.25) is 24.1 Å². The lowest BCUT2D eigenvalue weighted by atomic mass is 10.1. The number of imide groups is 1. The number of likely N-dealkylation sites (tertiary alicyclic amines) is 1. The van der Waals surface area contributed by atoms with E-state index in [9.17, 15) is 19.2 Å². The predicted molar refractivity (Wildman–Crippen MR) is 109 cm³/mol. The number of benzene rings is 2. The van der Waals surface area contributed by atoms with Gasteiger partial charge in [0.1, 0.15) is 0 Å². The summed E-state index contributed by atoms with van der Waals surface area (Å²) in [6, 6.07) is 16.5. The molecule has 7 nitrogen and oxygen atoms in total. The predicted octanol–water partition coefficient (Wildman–Crippen LogP) is 1.84. The molecule has 2 aromatic carbocycles. The number of hydrogen-bond acceptors (Lipinski definition) is 4. The van der Waals surface area contributed by atoms with Crippen molar-refractivity contribution in [2.45, 2.75) is 19.4 Å². The zero-order valence-electron chi connectivity index (χ0n) is 16.5. The Morgan fingerprint density at radius 1 is 0.933 bits per heavy atom. The largest absolute Gasteiger partial charge is 0.356 e. The SMILES string of the molecule is O=C(CCN1C(=O)c2ccccc2C1=O)NCC1CC(=O)N(Cc2ccccc2)C1. The third-order valence-electron chi connectivity index (χ3n) is 5.54. The topological polar surface area (TPSA) is 86.8 Å². The molecule has 2 aliphatic heterocycles. The first-order valence-electron chi connectivity index (χ1n) is 10.1. The molecular formula is C23H23N3O4. The van der Waals surface area contributed by atoms with E-state index in [1.165, 1.54) is 0 Å². The number of carbonyl (C=O) groups excluding carboxylic acids is 4. The summed E-state index contributed by atoms with van der Waals surface area (Å²) in [7, 11) is 0. The van der Waals surface area contributed by atoms with Crippen LogP contribution in [-0.4, -0.2) is 53.1 Å². The van der Waals surface area contributed by atoms with Crippen LogP contribution in [0.25, 0.3) is 0 Å². The minimum absolute atomic E-state index is 0.0415. The molecule has 0 aliphatic carbocycles. The Kier molecular flexibility index (Phi) is 5.61. The monoisotopic (exact) mass is 405 g/mol. The van der Waals surface area contributed by atoms with Crippen molar-refractivity contribution in [2.24, 2.45) is 5.92 Å². The lowest BCUT2D eigenvalue weighted by Crippen LogP contribution is -2.36. The number of rotatable bonds is 7. The van der Waals surface area contributed by atoms with E-state index < -0.39 is 0 Å². The molecule has 1 fully saturated rings. The summed E-state index contributed by atoms with van der Waals surface area (Å²) in [6.07, 6.45) is 0.450. The Balaban J connectivity index is 1.23. The van der Waals surface area contributed by atoms with Gasteiger partial charge in [-0.1, -0.05) is 42.5 Å². The van der Waals surface area contributed by atoms with Gasteiger partial charge in [-0.25, -0.2) is 0 Å². The molecule has 1 atom stereocenters. The maximum atomic E-state index is 12.3. The normalized spacial score (nSPS) is 18.1. The fourth-order valence-corrected chi connectivity index (χ4v) is 3.95. The highest BCUT2D eigenvalue weighted by Crippen LogP contribution is 2.22. The molecule has 0 aromatic heterocycles. The van der Waals surface area contributed by atoms with Crippen molar-refractivity contribution in [1.29, 1.82) is 0 Å². The molecule has 0 radical (unpaired) electrons. The first-order valence-corrected chi connectivity index (χ1v) is 10.1. The molecule has 2 heterocycles. The van der Waals surface area contributed by atoms with Gasteiger partial charge in [-0.05, 0) is 17.7 Å². The Morgan fingerprint density at radius 3 is 2.23 bits per heavy atom. The Labute approximate surface area is 174 Å². The van der Waals surface area contributed by atoms with E-state index >= 15 is 0 Å². The molecule has 0 spiro atoms. The van der Waals surface area contributed by atoms with Crippen molar-refractivity contribution < 1.29 is 19.2 Å². The molecule has 0 saturated carbocycles. The summed E-state index contributed by atoms with van der Waals surface area (Å²) >= 11 is 0. The van der Waals surface area contributed by atoms with Crippen LogP contribution >= 0.6 is 0 Å². The van der Waals surface area contributed by atoms with Gasteiger partial charge >= 0.3 is 0 Å². The highest BCUT2D eigenvalue weighted by molar-refractivity contribution is 6.21. The van der Waals surface area contributed by atoms with Crippen LogP contribution in [0.1, 0.15) is 39.1 Å². The zero-order valence-corrected chi connectivity index (χ0v) is 16.5. The van der Waals surface area contributed by atoms with E-state index in [0.717, 1.165) is 10.5 Å². The molecule has 1 N–H and O–H groups in total. The Bertz CT molecular complexity index is 954. The highest BCUT2D eigenvalue weighted by atomic mass is 16.2. The standard InChI is InChI=1S/C23H23N3O4/c27-20(10-11-26-22(29)18-8-4-5-9-19(18)23(26)30)24-13-17-12-21(28)25(15-17)14-16-6-2-1-3-7-16/h1-9,17H,10-15H2,(H,24,27). The molecule has 2 aliphatic rings. The van der Waals surface area contributed by atoms with E-state index in [2.05, 4.69) is 5.32 Å². The van der Waals surface area contributed by atoms with Crippen LogP contribution in [0.5, 0.6) is 0 Å². The summed E-state index contributed by atoms with van der Waals surface area (Å²) in [5, 5.41) is 2.84. The van der Waals surface area contributed by atoms with Crippen LogP contribution in [-0.2, 0) is 16.1 Å². The van der Waals surface area contributed by atoms with E-state index in [0.29, 0.717) is 37.2 Å². The van der Waals surface area contributed by atoms with Crippen molar-refractivity contribution >= 4 is 23.6 Å². The average molecular weight is 405 g/mol. The fraction of sp³-hybridized carbons (Fsp3) is 0.304. The molecule has 4 rings (SSSR count). The third kappa shape index (κ3) is 4.10. The van der Waals surface area contributed by atoms with Gasteiger partial charge < -0.3 is 10.2 Å². The van der Waals surface area contributed by atoms with E-state index in [-0.39, 0.29) is 42.5 Å². The summed E-state index contributed by atoms with van der Waals surface area (Å²) in [6.45, 7) is 1.62. The van der Waals surface area contributed by atoms with Gasteiger partial charge in [0.05, 0.1) is 11.1 Å². The zero-order chi connectivity index (χ0) is 21.1. The van der Waals surface area contributed by atoms with Gasteiger partial charge in [0, 0.05) is 44.9 Å². The summed E-state index contributed by atoms with van der Waals surface area (Å²) in [4.78, 5) is 52.1. The number of nitrogens with one attached hydrogen (secondary N) is 1. The van der Waals surface area contributed by atoms with Crippen LogP contribution in [0.4, 0.5) is 0 Å². The van der Waals surface area contributed by atoms with Crippen LogP contribution in [0.3, 0.4) is 0 Å². The molecule has 4 amide bonds. The molecule has 154 valence electrons. The summed E-state index contributed by atoms with van der Waals surface area (Å²) in [5.74, 6) is -0.809. The third-order valence-corrected chi connectivity index (χ3v) is 5.54. The van der Waals surface area contributed by atoms with Gasteiger partial charge in [-0.2, -0.15) is 0 Å². The first kappa shape index (κ1) is 19.8. The Morgan fingerprint density at radius 2 is 1.57 bits per heavy atom. The van der Waals surface area contributed by atoms with Crippen molar-refractivity contribution in [3.8, 4) is 0 Å². The molecule has 1 saturated heterocycles. The number of carbonyl (C=O) groups is 4. The number of nitrogens with zero attached hydrogens (tertiary/aromatic N) is 2. The van der Waals surface area contributed by atoms with Crippen molar-refractivity contribution in [1.82, 2.24) is 15.1 Å². The maximum Gasteiger partial charge on any atom is 0.261 e. The molecule has 0 bridgehead atoms. The number of hydrogen-bond donors (Lipinski definition) is 1. The lowest BCUT2D eigenvalue weighted by Gasteiger charge is -2.17. The maximum absolute atomic E-state index is 12.3. The molecular weight excluding hydrogens is 382 g/mol. The lowest BCUT2D eigenvalue weighted by molar-refractivity contribution is -0.128. The average Bonchev–Trinajstić information content (AvgIpc) is 3.23. The molecule has 1 unspecified atom stereocenters. The molecule has 30 heavy (non-hydrogen) atoms. The minimum atomic E-state index is -0.360. The first-order chi connectivity index (χ1) is 14.5. The quantitative estimate of drug-likeness (QED) is 0.712. The summed E-state index contributed by atoms with van der Waals surface area (Å²) < 4.78 is 0. The second kappa shape index (κ2) is 8.49. The van der Waals surface area contributed by atoms with Crippen LogP contribution in [0.15, 0.2) is 54.6 Å². The molecule has 2 aromatic rings. The van der Waals surface area contributed by atoms with Crippen molar-refractivity contribution in [3.05, 3.63) is 71.3 Å². The second-order valence-electron chi connectivity index (χ2n) is 7.69. The highest BCUT2D eigenvalue weighted by Gasteiger charge is 2.35. The smallest absolute Gasteiger partial charge is 0.261 e. The van der Waals surface area contributed by atoms with Crippen molar-refractivity contribution in [3.63, 3.8) is 0 Å².